The van der Waals surface area contributed by atoms with Crippen molar-refractivity contribution in [2.24, 2.45) is 5.92 Å². The van der Waals surface area contributed by atoms with Gasteiger partial charge in [0.15, 0.2) is 11.6 Å². The maximum atomic E-state index is 13.6. The maximum absolute atomic E-state index is 13.6. The van der Waals surface area contributed by atoms with Gasteiger partial charge in [-0.2, -0.15) is 0 Å². The van der Waals surface area contributed by atoms with Crippen LogP contribution >= 0.6 is 0 Å². The smallest absolute Gasteiger partial charge is 0.227 e. The maximum Gasteiger partial charge on any atom is 0.227 e. The second kappa shape index (κ2) is 5.85. The molecular formula is C14H18FNO2. The van der Waals surface area contributed by atoms with Crippen LogP contribution in [0.3, 0.4) is 0 Å². The van der Waals surface area contributed by atoms with E-state index in [0.717, 1.165) is 25.7 Å². The average molecular weight is 251 g/mol. The van der Waals surface area contributed by atoms with Crippen LogP contribution < -0.4 is 10.1 Å². The van der Waals surface area contributed by atoms with E-state index in [1.165, 1.54) is 6.07 Å². The first kappa shape index (κ1) is 12.9. The third kappa shape index (κ3) is 3.00. The molecule has 98 valence electrons. The van der Waals surface area contributed by atoms with Gasteiger partial charge in [0.25, 0.3) is 0 Å². The zero-order chi connectivity index (χ0) is 13.0. The summed E-state index contributed by atoms with van der Waals surface area (Å²) in [5.74, 6) is -0.145. The summed E-state index contributed by atoms with van der Waals surface area (Å²) in [6.07, 6.45) is 4.09. The van der Waals surface area contributed by atoms with Gasteiger partial charge in [0.2, 0.25) is 5.91 Å². The molecule has 0 radical (unpaired) electrons. The quantitative estimate of drug-likeness (QED) is 0.891. The molecule has 0 spiro atoms. The predicted octanol–water partition coefficient (Wildman–Crippen LogP) is 3.35. The number of hydrogen-bond acceptors (Lipinski definition) is 2. The summed E-state index contributed by atoms with van der Waals surface area (Å²) in [5, 5.41) is 2.76. The summed E-state index contributed by atoms with van der Waals surface area (Å²) < 4.78 is 18.7. The van der Waals surface area contributed by atoms with Crippen molar-refractivity contribution in [2.75, 3.05) is 11.9 Å². The Morgan fingerprint density at radius 2 is 2.17 bits per heavy atom. The zero-order valence-electron chi connectivity index (χ0n) is 10.5. The van der Waals surface area contributed by atoms with E-state index in [0.29, 0.717) is 12.3 Å². The fraction of sp³-hybridized carbons (Fsp3) is 0.500. The van der Waals surface area contributed by atoms with E-state index < -0.39 is 5.82 Å². The van der Waals surface area contributed by atoms with E-state index >= 15 is 0 Å². The van der Waals surface area contributed by atoms with E-state index in [1.807, 2.05) is 0 Å². The fourth-order valence-electron chi connectivity index (χ4n) is 2.28. The standard InChI is InChI=1S/C14H18FNO2/c1-2-18-13-8-7-11(9-12(13)15)16-14(17)10-5-3-4-6-10/h7-10H,2-6H2,1H3,(H,16,17). The molecule has 1 fully saturated rings. The Bertz CT molecular complexity index is 428. The van der Waals surface area contributed by atoms with E-state index in [1.54, 1.807) is 19.1 Å². The van der Waals surface area contributed by atoms with Crippen molar-refractivity contribution in [3.05, 3.63) is 24.0 Å². The summed E-state index contributed by atoms with van der Waals surface area (Å²) in [6.45, 7) is 2.22. The van der Waals surface area contributed by atoms with Gasteiger partial charge in [-0.3, -0.25) is 4.79 Å². The number of anilines is 1. The van der Waals surface area contributed by atoms with Crippen LogP contribution in [0.2, 0.25) is 0 Å². The number of carbonyl (C=O) groups is 1. The lowest BCUT2D eigenvalue weighted by Gasteiger charge is -2.11. The first-order chi connectivity index (χ1) is 8.70. The number of halogens is 1. The van der Waals surface area contributed by atoms with Crippen LogP contribution in [0.4, 0.5) is 10.1 Å². The molecule has 1 N–H and O–H groups in total. The summed E-state index contributed by atoms with van der Waals surface area (Å²) in [4.78, 5) is 11.9. The molecule has 0 atom stereocenters. The molecule has 1 aliphatic rings. The van der Waals surface area contributed by atoms with Crippen molar-refractivity contribution in [3.63, 3.8) is 0 Å². The van der Waals surface area contributed by atoms with Crippen LogP contribution in [0.25, 0.3) is 0 Å². The molecule has 0 bridgehead atoms. The van der Waals surface area contributed by atoms with E-state index in [9.17, 15) is 9.18 Å². The third-order valence-electron chi connectivity index (χ3n) is 3.23. The number of hydrogen-bond donors (Lipinski definition) is 1. The van der Waals surface area contributed by atoms with Crippen molar-refractivity contribution >= 4 is 11.6 Å². The number of ether oxygens (including phenoxy) is 1. The summed E-state index contributed by atoms with van der Waals surface area (Å²) >= 11 is 0. The molecule has 0 unspecified atom stereocenters. The third-order valence-corrected chi connectivity index (χ3v) is 3.23. The first-order valence-electron chi connectivity index (χ1n) is 6.44. The molecule has 1 amide bonds. The highest BCUT2D eigenvalue weighted by Gasteiger charge is 2.22. The summed E-state index contributed by atoms with van der Waals surface area (Å²) in [5.41, 5.74) is 0.493. The number of carbonyl (C=O) groups excluding carboxylic acids is 1. The minimum absolute atomic E-state index is 0.00365. The molecule has 1 saturated carbocycles. The molecule has 0 aliphatic heterocycles. The topological polar surface area (TPSA) is 38.3 Å². The highest BCUT2D eigenvalue weighted by Crippen LogP contribution is 2.27. The van der Waals surface area contributed by atoms with Crippen LogP contribution in [0.1, 0.15) is 32.6 Å². The van der Waals surface area contributed by atoms with Crippen LogP contribution in [-0.2, 0) is 4.79 Å². The molecule has 4 heteroatoms. The van der Waals surface area contributed by atoms with Crippen LogP contribution in [0, 0.1) is 11.7 Å². The normalized spacial score (nSPS) is 15.7. The predicted molar refractivity (Wildman–Crippen MR) is 68.2 cm³/mol. The Morgan fingerprint density at radius 3 is 2.78 bits per heavy atom. The first-order valence-corrected chi connectivity index (χ1v) is 6.44. The minimum atomic E-state index is -0.443. The lowest BCUT2D eigenvalue weighted by Crippen LogP contribution is -2.20. The molecule has 1 aromatic rings. The second-order valence-corrected chi connectivity index (χ2v) is 4.55. The van der Waals surface area contributed by atoms with Crippen molar-refractivity contribution < 1.29 is 13.9 Å². The highest BCUT2D eigenvalue weighted by atomic mass is 19.1. The number of benzene rings is 1. The van der Waals surface area contributed by atoms with Crippen LogP contribution in [0.15, 0.2) is 18.2 Å². The van der Waals surface area contributed by atoms with Gasteiger partial charge in [0.05, 0.1) is 6.61 Å². The van der Waals surface area contributed by atoms with Gasteiger partial charge >= 0.3 is 0 Å². The minimum Gasteiger partial charge on any atom is -0.491 e. The molecule has 0 aromatic heterocycles. The van der Waals surface area contributed by atoms with Crippen molar-refractivity contribution in [3.8, 4) is 5.75 Å². The Hall–Kier alpha value is -1.58. The van der Waals surface area contributed by atoms with E-state index in [2.05, 4.69) is 5.32 Å². The van der Waals surface area contributed by atoms with Gasteiger partial charge in [-0.1, -0.05) is 12.8 Å². The van der Waals surface area contributed by atoms with Gasteiger partial charge in [0.1, 0.15) is 0 Å². The lowest BCUT2D eigenvalue weighted by atomic mass is 10.1. The largest absolute Gasteiger partial charge is 0.491 e. The number of rotatable bonds is 4. The monoisotopic (exact) mass is 251 g/mol. The van der Waals surface area contributed by atoms with Gasteiger partial charge in [-0.05, 0) is 31.9 Å². The summed E-state index contributed by atoms with van der Waals surface area (Å²) in [7, 11) is 0. The lowest BCUT2D eigenvalue weighted by molar-refractivity contribution is -0.119. The number of amides is 1. The Kier molecular flexibility index (Phi) is 4.18. The fourth-order valence-corrected chi connectivity index (χ4v) is 2.28. The van der Waals surface area contributed by atoms with Crippen molar-refractivity contribution in [1.29, 1.82) is 0 Å². The summed E-state index contributed by atoms with van der Waals surface area (Å²) in [6, 6.07) is 4.52. The molecule has 1 aliphatic carbocycles. The van der Waals surface area contributed by atoms with Gasteiger partial charge in [-0.25, -0.2) is 4.39 Å². The molecule has 3 nitrogen and oxygen atoms in total. The molecular weight excluding hydrogens is 233 g/mol. The van der Waals surface area contributed by atoms with Crippen molar-refractivity contribution in [1.82, 2.24) is 0 Å². The van der Waals surface area contributed by atoms with Gasteiger partial charge in [-0.15, -0.1) is 0 Å². The molecule has 0 heterocycles. The average Bonchev–Trinajstić information content (AvgIpc) is 2.86. The van der Waals surface area contributed by atoms with Crippen LogP contribution in [-0.4, -0.2) is 12.5 Å². The highest BCUT2D eigenvalue weighted by molar-refractivity contribution is 5.92. The van der Waals surface area contributed by atoms with Gasteiger partial charge < -0.3 is 10.1 Å². The Morgan fingerprint density at radius 1 is 1.44 bits per heavy atom. The zero-order valence-corrected chi connectivity index (χ0v) is 10.5. The molecule has 0 saturated heterocycles. The Labute approximate surface area is 106 Å². The van der Waals surface area contributed by atoms with Crippen molar-refractivity contribution in [2.45, 2.75) is 32.6 Å². The van der Waals surface area contributed by atoms with Gasteiger partial charge in [0, 0.05) is 17.7 Å². The Balaban J connectivity index is 2.00. The molecule has 2 rings (SSSR count). The number of nitrogens with one attached hydrogen (secondary N) is 1. The van der Waals surface area contributed by atoms with Crippen LogP contribution in [0.5, 0.6) is 5.75 Å². The molecule has 18 heavy (non-hydrogen) atoms. The SMILES string of the molecule is CCOc1ccc(NC(=O)C2CCCC2)cc1F. The van der Waals surface area contributed by atoms with E-state index in [4.69, 9.17) is 4.74 Å². The molecule has 1 aromatic carbocycles. The van der Waals surface area contributed by atoms with E-state index in [-0.39, 0.29) is 17.6 Å². The second-order valence-electron chi connectivity index (χ2n) is 4.55.